The summed E-state index contributed by atoms with van der Waals surface area (Å²) in [4.78, 5) is 14.6. The Morgan fingerprint density at radius 3 is 2.50 bits per heavy atom. The maximum atomic E-state index is 12.4. The molecule has 2 aromatic carbocycles. The number of rotatable bonds is 2. The summed E-state index contributed by atoms with van der Waals surface area (Å²) >= 11 is 4.20. The van der Waals surface area contributed by atoms with Gasteiger partial charge in [-0.05, 0) is 23.3 Å². The highest BCUT2D eigenvalue weighted by atomic mass is 32.1. The van der Waals surface area contributed by atoms with Crippen molar-refractivity contribution in [3.8, 4) is 0 Å². The molecule has 3 heteroatoms. The van der Waals surface area contributed by atoms with Gasteiger partial charge in [-0.1, -0.05) is 60.7 Å². The first-order valence-corrected chi connectivity index (χ1v) is 8.37. The lowest BCUT2D eigenvalue weighted by molar-refractivity contribution is -0.106. The Balaban J connectivity index is 2.02. The van der Waals surface area contributed by atoms with E-state index in [4.69, 9.17) is 0 Å². The molecule has 1 heterocycles. The zero-order chi connectivity index (χ0) is 16.7. The molecule has 0 bridgehead atoms. The lowest BCUT2D eigenvalue weighted by Crippen LogP contribution is -2.28. The summed E-state index contributed by atoms with van der Waals surface area (Å²) < 4.78 is 0. The van der Waals surface area contributed by atoms with Gasteiger partial charge in [0.15, 0.2) is 0 Å². The highest BCUT2D eigenvalue weighted by Crippen LogP contribution is 2.47. The molecule has 1 atom stereocenters. The van der Waals surface area contributed by atoms with Crippen molar-refractivity contribution in [2.75, 3.05) is 11.9 Å². The van der Waals surface area contributed by atoms with E-state index >= 15 is 0 Å². The van der Waals surface area contributed by atoms with Gasteiger partial charge < -0.3 is 4.90 Å². The third-order valence-corrected chi connectivity index (χ3v) is 4.91. The molecule has 1 aliphatic heterocycles. The zero-order valence-electron chi connectivity index (χ0n) is 13.3. The van der Waals surface area contributed by atoms with Gasteiger partial charge in [-0.3, -0.25) is 4.79 Å². The smallest absolute Gasteiger partial charge is 0.217 e. The molecule has 1 aliphatic carbocycles. The Bertz CT molecular complexity index is 908. The van der Waals surface area contributed by atoms with Crippen LogP contribution in [0.3, 0.4) is 0 Å². The second-order valence-corrected chi connectivity index (χ2v) is 6.40. The van der Waals surface area contributed by atoms with Crippen LogP contribution in [0.15, 0.2) is 84.1 Å². The Labute approximate surface area is 147 Å². The molecule has 0 fully saturated rings. The van der Waals surface area contributed by atoms with Crippen LogP contribution < -0.4 is 4.90 Å². The van der Waals surface area contributed by atoms with E-state index in [1.807, 2.05) is 49.5 Å². The molecular formula is C21H17NOS. The summed E-state index contributed by atoms with van der Waals surface area (Å²) in [5, 5.41) is -0.187. The minimum absolute atomic E-state index is 0.0492. The molecule has 0 spiro atoms. The van der Waals surface area contributed by atoms with Crippen molar-refractivity contribution in [2.45, 2.75) is 5.92 Å². The van der Waals surface area contributed by atoms with Crippen molar-refractivity contribution in [1.29, 1.82) is 0 Å². The standard InChI is InChI=1S/C21H17NOS/c1-22-17-12-6-5-10-16(17)20(21(23)24)19-15(11-7-13-18(19)22)14-8-3-2-4-9-14/h2-13,15H,1H3,(H,23,24). The van der Waals surface area contributed by atoms with E-state index in [1.165, 1.54) is 5.56 Å². The van der Waals surface area contributed by atoms with Crippen LogP contribution in [0.4, 0.5) is 5.69 Å². The predicted octanol–water partition coefficient (Wildman–Crippen LogP) is 4.58. The Morgan fingerprint density at radius 2 is 1.75 bits per heavy atom. The normalized spacial score (nSPS) is 18.8. The summed E-state index contributed by atoms with van der Waals surface area (Å²) in [6.45, 7) is 0. The van der Waals surface area contributed by atoms with E-state index in [-0.39, 0.29) is 11.0 Å². The largest absolute Gasteiger partial charge is 0.344 e. The van der Waals surface area contributed by atoms with Crippen LogP contribution in [0.1, 0.15) is 17.0 Å². The van der Waals surface area contributed by atoms with E-state index in [9.17, 15) is 4.79 Å². The topological polar surface area (TPSA) is 20.3 Å². The van der Waals surface area contributed by atoms with Crippen LogP contribution in [-0.2, 0) is 4.79 Å². The number of thiol groups is 1. The fourth-order valence-corrected chi connectivity index (χ4v) is 3.84. The van der Waals surface area contributed by atoms with Crippen molar-refractivity contribution in [3.63, 3.8) is 0 Å². The molecule has 24 heavy (non-hydrogen) atoms. The lowest BCUT2D eigenvalue weighted by Gasteiger charge is -2.37. The van der Waals surface area contributed by atoms with Gasteiger partial charge in [0.2, 0.25) is 5.12 Å². The first-order valence-electron chi connectivity index (χ1n) is 7.93. The Morgan fingerprint density at radius 1 is 1.04 bits per heavy atom. The molecule has 0 aromatic heterocycles. The summed E-state index contributed by atoms with van der Waals surface area (Å²) in [6.07, 6.45) is 6.29. The first kappa shape index (κ1) is 15.0. The van der Waals surface area contributed by atoms with Gasteiger partial charge >= 0.3 is 0 Å². The maximum Gasteiger partial charge on any atom is 0.217 e. The number of hydrogen-bond donors (Lipinski definition) is 1. The molecule has 1 unspecified atom stereocenters. The third kappa shape index (κ3) is 2.24. The van der Waals surface area contributed by atoms with Crippen LogP contribution >= 0.6 is 12.6 Å². The molecule has 4 rings (SSSR count). The van der Waals surface area contributed by atoms with E-state index in [1.54, 1.807) is 0 Å². The van der Waals surface area contributed by atoms with E-state index < -0.39 is 0 Å². The monoisotopic (exact) mass is 331 g/mol. The number of para-hydroxylation sites is 1. The number of hydrogen-bond acceptors (Lipinski definition) is 2. The molecule has 0 saturated heterocycles. The SMILES string of the molecule is CN1C2=CC=CC(c3ccccc3)C2=C(C(=O)S)c2ccccc21. The molecule has 0 amide bonds. The van der Waals surface area contributed by atoms with Crippen LogP contribution in [0.25, 0.3) is 5.57 Å². The molecule has 118 valence electrons. The predicted molar refractivity (Wildman–Crippen MR) is 102 cm³/mol. The maximum absolute atomic E-state index is 12.4. The Kier molecular flexibility index (Phi) is 3.66. The minimum Gasteiger partial charge on any atom is -0.344 e. The third-order valence-electron chi connectivity index (χ3n) is 4.68. The van der Waals surface area contributed by atoms with Crippen molar-refractivity contribution in [2.24, 2.45) is 0 Å². The number of carbonyl (C=O) groups excluding carboxylic acids is 1. The highest BCUT2D eigenvalue weighted by Gasteiger charge is 2.34. The van der Waals surface area contributed by atoms with Gasteiger partial charge in [0, 0.05) is 35.5 Å². The molecule has 2 aromatic rings. The van der Waals surface area contributed by atoms with Crippen molar-refractivity contribution >= 4 is 29.0 Å². The highest BCUT2D eigenvalue weighted by molar-refractivity contribution is 7.98. The number of anilines is 1. The zero-order valence-corrected chi connectivity index (χ0v) is 14.2. The fourth-order valence-electron chi connectivity index (χ4n) is 3.60. The molecule has 0 saturated carbocycles. The minimum atomic E-state index is -0.187. The van der Waals surface area contributed by atoms with E-state index in [0.717, 1.165) is 22.5 Å². The molecule has 2 aliphatic rings. The van der Waals surface area contributed by atoms with Crippen LogP contribution in [0, 0.1) is 0 Å². The number of fused-ring (bicyclic) bond motifs is 2. The van der Waals surface area contributed by atoms with Gasteiger partial charge in [-0.25, -0.2) is 0 Å². The van der Waals surface area contributed by atoms with Gasteiger partial charge in [-0.2, -0.15) is 0 Å². The number of benzene rings is 2. The average Bonchev–Trinajstić information content (AvgIpc) is 2.62. The number of likely N-dealkylation sites (N-methyl/N-ethyl adjacent to an activating group) is 1. The fraction of sp³-hybridized carbons (Fsp3) is 0.0952. The molecule has 0 radical (unpaired) electrons. The quantitative estimate of drug-likeness (QED) is 0.813. The van der Waals surface area contributed by atoms with Crippen LogP contribution in [-0.4, -0.2) is 12.2 Å². The summed E-state index contributed by atoms with van der Waals surface area (Å²) in [6, 6.07) is 18.3. The van der Waals surface area contributed by atoms with E-state index in [0.29, 0.717) is 5.57 Å². The van der Waals surface area contributed by atoms with Gasteiger partial charge in [0.25, 0.3) is 0 Å². The summed E-state index contributed by atoms with van der Waals surface area (Å²) in [5.74, 6) is 0.0492. The van der Waals surface area contributed by atoms with Gasteiger partial charge in [0.05, 0.1) is 0 Å². The summed E-state index contributed by atoms with van der Waals surface area (Å²) in [5.41, 5.74) is 5.95. The summed E-state index contributed by atoms with van der Waals surface area (Å²) in [7, 11) is 2.05. The van der Waals surface area contributed by atoms with Crippen LogP contribution in [0.2, 0.25) is 0 Å². The lowest BCUT2D eigenvalue weighted by atomic mass is 9.79. The number of nitrogens with zero attached hydrogens (tertiary/aromatic N) is 1. The van der Waals surface area contributed by atoms with Crippen molar-refractivity contribution in [1.82, 2.24) is 0 Å². The second-order valence-electron chi connectivity index (χ2n) is 6.00. The van der Waals surface area contributed by atoms with Gasteiger partial charge in [-0.15, -0.1) is 12.6 Å². The van der Waals surface area contributed by atoms with Crippen LogP contribution in [0.5, 0.6) is 0 Å². The van der Waals surface area contributed by atoms with Gasteiger partial charge in [0.1, 0.15) is 0 Å². The first-order chi connectivity index (χ1) is 11.7. The van der Waals surface area contributed by atoms with Crippen molar-refractivity contribution in [3.05, 3.63) is 95.2 Å². The molecule has 2 nitrogen and oxygen atoms in total. The average molecular weight is 331 g/mol. The van der Waals surface area contributed by atoms with E-state index in [2.05, 4.69) is 47.9 Å². The second kappa shape index (κ2) is 5.84. The molecule has 0 N–H and O–H groups in total. The molecular weight excluding hydrogens is 314 g/mol. The number of allylic oxidation sites excluding steroid dienone is 4. The van der Waals surface area contributed by atoms with Crippen molar-refractivity contribution < 1.29 is 4.79 Å². The number of carbonyl (C=O) groups is 1. The Hall–Kier alpha value is -2.52.